The van der Waals surface area contributed by atoms with Crippen molar-refractivity contribution in [2.75, 3.05) is 6.26 Å². The summed E-state index contributed by atoms with van der Waals surface area (Å²) in [6, 6.07) is 10.8. The minimum Gasteiger partial charge on any atom is -0.225 e. The van der Waals surface area contributed by atoms with Gasteiger partial charge in [-0.1, -0.05) is 56.7 Å². The van der Waals surface area contributed by atoms with Crippen molar-refractivity contribution in [3.8, 4) is 0 Å². The van der Waals surface area contributed by atoms with E-state index in [2.05, 4.69) is 44.2 Å². The molecule has 0 saturated heterocycles. The molecule has 0 N–H and O–H groups in total. The third kappa shape index (κ3) is 2.76. The number of hydrogen-bond acceptors (Lipinski definition) is 2. The van der Waals surface area contributed by atoms with E-state index in [1.54, 1.807) is 0 Å². The molecular formula is C19H26O2S. The van der Waals surface area contributed by atoms with Crippen LogP contribution in [-0.4, -0.2) is 14.7 Å². The van der Waals surface area contributed by atoms with Crippen molar-refractivity contribution in [3.05, 3.63) is 47.4 Å². The van der Waals surface area contributed by atoms with E-state index >= 15 is 0 Å². The highest BCUT2D eigenvalue weighted by atomic mass is 32.2. The van der Waals surface area contributed by atoms with Gasteiger partial charge in [-0.3, -0.25) is 0 Å². The van der Waals surface area contributed by atoms with E-state index in [0.29, 0.717) is 23.7 Å². The maximum Gasteiger partial charge on any atom is 0.168 e. The summed E-state index contributed by atoms with van der Waals surface area (Å²) in [5, 5.41) is 1.43. The maximum atomic E-state index is 11.6. The first-order valence-corrected chi connectivity index (χ1v) is 10.2. The van der Waals surface area contributed by atoms with Crippen LogP contribution in [0.1, 0.15) is 44.6 Å². The summed E-state index contributed by atoms with van der Waals surface area (Å²) in [6.07, 6.45) is 7.05. The Morgan fingerprint density at radius 2 is 1.73 bits per heavy atom. The minimum atomic E-state index is -3.05. The fraction of sp³-hybridized carbons (Fsp3) is 0.579. The Hall–Kier alpha value is -1.09. The van der Waals surface area contributed by atoms with Gasteiger partial charge in [0, 0.05) is 11.7 Å². The van der Waals surface area contributed by atoms with Gasteiger partial charge in [-0.2, -0.15) is 0 Å². The third-order valence-corrected chi connectivity index (χ3v) is 6.52. The van der Waals surface area contributed by atoms with E-state index in [-0.39, 0.29) is 5.41 Å². The van der Waals surface area contributed by atoms with E-state index in [9.17, 15) is 8.42 Å². The molecule has 22 heavy (non-hydrogen) atoms. The van der Waals surface area contributed by atoms with Gasteiger partial charge in [0.2, 0.25) is 0 Å². The SMILES string of the molecule is CC1(C)C(/C=C/S(C)(=O)=O)C2CCCC2C1c1ccccc1. The summed E-state index contributed by atoms with van der Waals surface area (Å²) in [5.74, 6) is 2.18. The molecule has 0 aliphatic heterocycles. The molecule has 2 fully saturated rings. The maximum absolute atomic E-state index is 11.6. The Balaban J connectivity index is 2.01. The van der Waals surface area contributed by atoms with Crippen LogP contribution in [0.25, 0.3) is 0 Å². The van der Waals surface area contributed by atoms with Crippen molar-refractivity contribution in [2.24, 2.45) is 23.2 Å². The van der Waals surface area contributed by atoms with Crippen LogP contribution < -0.4 is 0 Å². The van der Waals surface area contributed by atoms with E-state index < -0.39 is 9.84 Å². The Morgan fingerprint density at radius 3 is 2.36 bits per heavy atom. The molecule has 0 heterocycles. The van der Waals surface area contributed by atoms with Crippen LogP contribution in [0, 0.1) is 23.2 Å². The van der Waals surface area contributed by atoms with Crippen molar-refractivity contribution in [1.29, 1.82) is 0 Å². The molecule has 2 saturated carbocycles. The molecule has 1 aromatic carbocycles. The molecule has 2 nitrogen and oxygen atoms in total. The molecule has 2 aliphatic rings. The van der Waals surface area contributed by atoms with Gasteiger partial charge in [0.25, 0.3) is 0 Å². The summed E-state index contributed by atoms with van der Waals surface area (Å²) in [5.41, 5.74) is 1.51. The van der Waals surface area contributed by atoms with Gasteiger partial charge < -0.3 is 0 Å². The van der Waals surface area contributed by atoms with Crippen LogP contribution in [0.4, 0.5) is 0 Å². The monoisotopic (exact) mass is 318 g/mol. The lowest BCUT2D eigenvalue weighted by Gasteiger charge is -2.34. The lowest BCUT2D eigenvalue weighted by Crippen LogP contribution is -2.25. The highest BCUT2D eigenvalue weighted by Crippen LogP contribution is 2.64. The van der Waals surface area contributed by atoms with Gasteiger partial charge in [-0.25, -0.2) is 8.42 Å². The number of hydrogen-bond donors (Lipinski definition) is 0. The van der Waals surface area contributed by atoms with Crippen LogP contribution in [0.2, 0.25) is 0 Å². The van der Waals surface area contributed by atoms with Gasteiger partial charge in [0.05, 0.1) is 0 Å². The smallest absolute Gasteiger partial charge is 0.168 e. The lowest BCUT2D eigenvalue weighted by molar-refractivity contribution is 0.238. The average molecular weight is 318 g/mol. The van der Waals surface area contributed by atoms with Gasteiger partial charge in [0.15, 0.2) is 9.84 Å². The van der Waals surface area contributed by atoms with Crippen molar-refractivity contribution < 1.29 is 8.42 Å². The van der Waals surface area contributed by atoms with E-state index in [1.165, 1.54) is 36.5 Å². The highest BCUT2D eigenvalue weighted by molar-refractivity contribution is 7.93. The quantitative estimate of drug-likeness (QED) is 0.827. The van der Waals surface area contributed by atoms with Crippen molar-refractivity contribution in [3.63, 3.8) is 0 Å². The van der Waals surface area contributed by atoms with Crippen LogP contribution in [0.5, 0.6) is 0 Å². The second-order valence-corrected chi connectivity index (χ2v) is 9.58. The Morgan fingerprint density at radius 1 is 1.09 bits per heavy atom. The average Bonchev–Trinajstić information content (AvgIpc) is 2.94. The first-order chi connectivity index (χ1) is 10.3. The van der Waals surface area contributed by atoms with Crippen LogP contribution >= 0.6 is 0 Å². The Kier molecular flexibility index (Phi) is 3.96. The topological polar surface area (TPSA) is 34.1 Å². The normalized spacial score (nSPS) is 34.1. The largest absolute Gasteiger partial charge is 0.225 e. The number of fused-ring (bicyclic) bond motifs is 1. The lowest BCUT2D eigenvalue weighted by atomic mass is 9.70. The number of rotatable bonds is 3. The van der Waals surface area contributed by atoms with Gasteiger partial charge >= 0.3 is 0 Å². The summed E-state index contributed by atoms with van der Waals surface area (Å²) < 4.78 is 23.1. The van der Waals surface area contributed by atoms with Crippen LogP contribution in [0.3, 0.4) is 0 Å². The molecule has 3 rings (SSSR count). The molecule has 4 atom stereocenters. The second kappa shape index (κ2) is 5.52. The Bertz CT molecular complexity index is 658. The van der Waals surface area contributed by atoms with Gasteiger partial charge in [0.1, 0.15) is 0 Å². The first-order valence-electron chi connectivity index (χ1n) is 8.24. The van der Waals surface area contributed by atoms with Crippen molar-refractivity contribution in [2.45, 2.75) is 39.0 Å². The predicted molar refractivity (Wildman–Crippen MR) is 91.3 cm³/mol. The molecule has 1 aromatic rings. The van der Waals surface area contributed by atoms with Crippen LogP contribution in [-0.2, 0) is 9.84 Å². The third-order valence-electron chi connectivity index (χ3n) is 5.87. The van der Waals surface area contributed by atoms with E-state index in [0.717, 1.165) is 0 Å². The molecule has 2 aliphatic carbocycles. The summed E-state index contributed by atoms with van der Waals surface area (Å²) in [4.78, 5) is 0. The Labute approximate surface area is 134 Å². The van der Waals surface area contributed by atoms with E-state index in [1.807, 2.05) is 6.08 Å². The summed E-state index contributed by atoms with van der Waals surface area (Å²) >= 11 is 0. The number of sulfone groups is 1. The van der Waals surface area contributed by atoms with Crippen LogP contribution in [0.15, 0.2) is 41.8 Å². The van der Waals surface area contributed by atoms with Gasteiger partial charge in [-0.05, 0) is 47.5 Å². The zero-order chi connectivity index (χ0) is 16.0. The van der Waals surface area contributed by atoms with Crippen molar-refractivity contribution in [1.82, 2.24) is 0 Å². The fourth-order valence-electron chi connectivity index (χ4n) is 5.14. The van der Waals surface area contributed by atoms with Gasteiger partial charge in [-0.15, -0.1) is 0 Å². The molecule has 0 spiro atoms. The van der Waals surface area contributed by atoms with Crippen molar-refractivity contribution >= 4 is 9.84 Å². The molecule has 0 aromatic heterocycles. The summed E-state index contributed by atoms with van der Waals surface area (Å²) in [7, 11) is -3.05. The molecular weight excluding hydrogens is 292 g/mol. The molecule has 3 heteroatoms. The number of benzene rings is 1. The summed E-state index contributed by atoms with van der Waals surface area (Å²) in [6.45, 7) is 4.64. The molecule has 0 amide bonds. The number of allylic oxidation sites excluding steroid dienone is 1. The molecule has 0 radical (unpaired) electrons. The molecule has 4 unspecified atom stereocenters. The predicted octanol–water partition coefficient (Wildman–Crippen LogP) is 4.40. The zero-order valence-electron chi connectivity index (χ0n) is 13.7. The molecule has 120 valence electrons. The highest BCUT2D eigenvalue weighted by Gasteiger charge is 2.55. The molecule has 0 bridgehead atoms. The fourth-order valence-corrected chi connectivity index (χ4v) is 5.60. The first kappa shape index (κ1) is 15.8. The minimum absolute atomic E-state index is 0.0955. The standard InChI is InChI=1S/C19H26O2S/c1-19(2)17(12-13-22(3,20)21)15-10-7-11-16(15)18(19)14-8-5-4-6-9-14/h4-6,8-9,12-13,15-18H,7,10-11H2,1-3H3/b13-12+. The second-order valence-electron chi connectivity index (χ2n) is 7.65. The zero-order valence-corrected chi connectivity index (χ0v) is 14.5. The van der Waals surface area contributed by atoms with E-state index in [4.69, 9.17) is 0 Å².